The summed E-state index contributed by atoms with van der Waals surface area (Å²) in [5.74, 6) is 1.32. The van der Waals surface area contributed by atoms with E-state index >= 15 is 0 Å². The summed E-state index contributed by atoms with van der Waals surface area (Å²) in [5.41, 5.74) is 6.42. The number of nitrogens with zero attached hydrogens (tertiary/aromatic N) is 1. The second kappa shape index (κ2) is 5.12. The van der Waals surface area contributed by atoms with E-state index in [9.17, 15) is 0 Å². The highest BCUT2D eigenvalue weighted by Crippen LogP contribution is 2.14. The van der Waals surface area contributed by atoms with Crippen molar-refractivity contribution in [3.8, 4) is 0 Å². The third kappa shape index (κ3) is 3.12. The molecular weight excluding hydrogens is 178 g/mol. The van der Waals surface area contributed by atoms with Crippen molar-refractivity contribution in [3.63, 3.8) is 0 Å². The Balaban J connectivity index is 2.44. The molecule has 0 bridgehead atoms. The molecule has 4 nitrogen and oxygen atoms in total. The summed E-state index contributed by atoms with van der Waals surface area (Å²) < 4.78 is 5.17. The molecule has 1 atom stereocenters. The van der Waals surface area contributed by atoms with Crippen LogP contribution < -0.4 is 11.1 Å². The van der Waals surface area contributed by atoms with Gasteiger partial charge in [0, 0.05) is 31.1 Å². The number of hydrogen-bond donors (Lipinski definition) is 2. The molecule has 1 aromatic heterocycles. The second-order valence-electron chi connectivity index (χ2n) is 3.89. The normalized spacial score (nSPS) is 13.5. The van der Waals surface area contributed by atoms with Gasteiger partial charge in [-0.05, 0) is 6.92 Å². The molecule has 0 fully saturated rings. The molecule has 80 valence electrons. The first-order valence-corrected chi connectivity index (χ1v) is 5.02. The molecule has 0 saturated heterocycles. The van der Waals surface area contributed by atoms with Crippen LogP contribution in [0.25, 0.3) is 0 Å². The van der Waals surface area contributed by atoms with Crippen LogP contribution in [0.2, 0.25) is 0 Å². The fourth-order valence-corrected chi connectivity index (χ4v) is 1.05. The van der Waals surface area contributed by atoms with Crippen molar-refractivity contribution >= 4 is 0 Å². The molecular formula is C10H19N3O. The van der Waals surface area contributed by atoms with Gasteiger partial charge in [0.25, 0.3) is 0 Å². The maximum Gasteiger partial charge on any atom is 0.139 e. The van der Waals surface area contributed by atoms with E-state index in [1.807, 2.05) is 13.0 Å². The zero-order chi connectivity index (χ0) is 10.6. The quantitative estimate of drug-likeness (QED) is 0.745. The number of aromatic nitrogens is 1. The van der Waals surface area contributed by atoms with Crippen LogP contribution in [-0.2, 0) is 6.54 Å². The summed E-state index contributed by atoms with van der Waals surface area (Å²) in [6, 6.07) is 2.30. The minimum atomic E-state index is 0.314. The predicted octanol–water partition coefficient (Wildman–Crippen LogP) is 1.23. The van der Waals surface area contributed by atoms with E-state index in [-0.39, 0.29) is 0 Å². The topological polar surface area (TPSA) is 64.1 Å². The van der Waals surface area contributed by atoms with Crippen molar-refractivity contribution in [2.75, 3.05) is 6.54 Å². The molecule has 0 radical (unpaired) electrons. The van der Waals surface area contributed by atoms with Gasteiger partial charge in [-0.1, -0.05) is 19.0 Å². The fourth-order valence-electron chi connectivity index (χ4n) is 1.05. The zero-order valence-corrected chi connectivity index (χ0v) is 9.08. The first kappa shape index (κ1) is 11.2. The molecule has 0 aliphatic heterocycles. The van der Waals surface area contributed by atoms with Crippen LogP contribution >= 0.6 is 0 Å². The average Bonchev–Trinajstić information content (AvgIpc) is 2.62. The van der Waals surface area contributed by atoms with Gasteiger partial charge in [-0.15, -0.1) is 0 Å². The van der Waals surface area contributed by atoms with E-state index in [2.05, 4.69) is 24.3 Å². The fraction of sp³-hybridized carbons (Fsp3) is 0.700. The van der Waals surface area contributed by atoms with Crippen molar-refractivity contribution in [2.45, 2.75) is 39.3 Å². The van der Waals surface area contributed by atoms with Crippen LogP contribution in [0.5, 0.6) is 0 Å². The molecule has 0 aliphatic rings. The monoisotopic (exact) mass is 197 g/mol. The number of nitrogens with one attached hydrogen (secondary N) is 1. The van der Waals surface area contributed by atoms with Gasteiger partial charge in [0.05, 0.1) is 5.69 Å². The summed E-state index contributed by atoms with van der Waals surface area (Å²) >= 11 is 0. The van der Waals surface area contributed by atoms with Crippen LogP contribution in [0.15, 0.2) is 10.6 Å². The highest BCUT2D eigenvalue weighted by Gasteiger charge is 2.07. The Morgan fingerprint density at radius 3 is 2.71 bits per heavy atom. The number of nitrogens with two attached hydrogens (primary N) is 1. The van der Waals surface area contributed by atoms with Gasteiger partial charge in [0.15, 0.2) is 0 Å². The van der Waals surface area contributed by atoms with E-state index in [0.717, 1.165) is 11.5 Å². The molecule has 0 amide bonds. The first-order valence-electron chi connectivity index (χ1n) is 5.02. The lowest BCUT2D eigenvalue weighted by molar-refractivity contribution is 0.363. The van der Waals surface area contributed by atoms with Crippen LogP contribution in [0, 0.1) is 0 Å². The summed E-state index contributed by atoms with van der Waals surface area (Å²) in [6.45, 7) is 7.56. The molecule has 0 unspecified atom stereocenters. The van der Waals surface area contributed by atoms with Crippen LogP contribution in [-0.4, -0.2) is 17.7 Å². The van der Waals surface area contributed by atoms with E-state index < -0.39 is 0 Å². The van der Waals surface area contributed by atoms with Crippen molar-refractivity contribution in [1.29, 1.82) is 0 Å². The van der Waals surface area contributed by atoms with Gasteiger partial charge in [0.2, 0.25) is 0 Å². The van der Waals surface area contributed by atoms with Crippen molar-refractivity contribution < 1.29 is 4.52 Å². The Labute approximate surface area is 84.8 Å². The number of hydrogen-bond acceptors (Lipinski definition) is 4. The third-order valence-electron chi connectivity index (χ3n) is 2.13. The Hall–Kier alpha value is -0.870. The molecule has 0 aromatic carbocycles. The maximum absolute atomic E-state index is 5.48. The van der Waals surface area contributed by atoms with Gasteiger partial charge in [-0.25, -0.2) is 0 Å². The molecule has 1 rings (SSSR count). The van der Waals surface area contributed by atoms with E-state index in [1.54, 1.807) is 0 Å². The Bertz CT molecular complexity index is 270. The zero-order valence-electron chi connectivity index (χ0n) is 9.08. The van der Waals surface area contributed by atoms with Gasteiger partial charge in [0.1, 0.15) is 5.76 Å². The molecule has 1 heterocycles. The SMILES string of the molecule is CC(C)c1cc(CN[C@H](C)CN)no1. The third-order valence-corrected chi connectivity index (χ3v) is 2.13. The van der Waals surface area contributed by atoms with Crippen molar-refractivity contribution in [3.05, 3.63) is 17.5 Å². The van der Waals surface area contributed by atoms with E-state index in [4.69, 9.17) is 10.3 Å². The maximum atomic E-state index is 5.48. The largest absolute Gasteiger partial charge is 0.361 e. The molecule has 3 N–H and O–H groups in total. The molecule has 0 spiro atoms. The highest BCUT2D eigenvalue weighted by atomic mass is 16.5. The molecule has 14 heavy (non-hydrogen) atoms. The van der Waals surface area contributed by atoms with Gasteiger partial charge in [-0.2, -0.15) is 0 Å². The minimum absolute atomic E-state index is 0.314. The van der Waals surface area contributed by atoms with Gasteiger partial charge in [-0.3, -0.25) is 0 Å². The standard InChI is InChI=1S/C10H19N3O/c1-7(2)10-4-9(13-14-10)6-12-8(3)5-11/h4,7-8,12H,5-6,11H2,1-3H3/t8-/m1/s1. The molecule has 0 saturated carbocycles. The Morgan fingerprint density at radius 1 is 1.50 bits per heavy atom. The Morgan fingerprint density at radius 2 is 2.21 bits per heavy atom. The van der Waals surface area contributed by atoms with E-state index in [0.29, 0.717) is 25.0 Å². The number of rotatable bonds is 5. The lowest BCUT2D eigenvalue weighted by atomic mass is 10.1. The first-order chi connectivity index (χ1) is 6.63. The highest BCUT2D eigenvalue weighted by molar-refractivity contribution is 5.08. The smallest absolute Gasteiger partial charge is 0.139 e. The molecule has 4 heteroatoms. The van der Waals surface area contributed by atoms with Crippen molar-refractivity contribution in [1.82, 2.24) is 10.5 Å². The summed E-state index contributed by atoms with van der Waals surface area (Å²) in [7, 11) is 0. The summed E-state index contributed by atoms with van der Waals surface area (Å²) in [4.78, 5) is 0. The summed E-state index contributed by atoms with van der Waals surface area (Å²) in [6.07, 6.45) is 0. The van der Waals surface area contributed by atoms with Gasteiger partial charge < -0.3 is 15.6 Å². The lowest BCUT2D eigenvalue weighted by Crippen LogP contribution is -2.32. The molecule has 0 aliphatic carbocycles. The van der Waals surface area contributed by atoms with Crippen LogP contribution in [0.4, 0.5) is 0 Å². The van der Waals surface area contributed by atoms with Gasteiger partial charge >= 0.3 is 0 Å². The van der Waals surface area contributed by atoms with Crippen molar-refractivity contribution in [2.24, 2.45) is 5.73 Å². The average molecular weight is 197 g/mol. The van der Waals surface area contributed by atoms with Crippen LogP contribution in [0.1, 0.15) is 38.1 Å². The minimum Gasteiger partial charge on any atom is -0.361 e. The summed E-state index contributed by atoms with van der Waals surface area (Å²) in [5, 5.41) is 7.22. The van der Waals surface area contributed by atoms with E-state index in [1.165, 1.54) is 0 Å². The lowest BCUT2D eigenvalue weighted by Gasteiger charge is -2.08. The van der Waals surface area contributed by atoms with Crippen LogP contribution in [0.3, 0.4) is 0 Å². The Kier molecular flexibility index (Phi) is 4.10. The molecule has 1 aromatic rings. The predicted molar refractivity (Wildman–Crippen MR) is 55.9 cm³/mol. The second-order valence-corrected chi connectivity index (χ2v) is 3.89.